The smallest absolute Gasteiger partial charge is 0.264 e. The number of benzene rings is 1. The largest absolute Gasteiger partial charge is 0.313 e. The lowest BCUT2D eigenvalue weighted by Gasteiger charge is -2.07. The molecule has 2 aromatic rings. The molecule has 0 bridgehead atoms. The maximum absolute atomic E-state index is 12.1. The molecule has 0 aliphatic heterocycles. The van der Waals surface area contributed by atoms with Gasteiger partial charge in [-0.05, 0) is 30.3 Å². The van der Waals surface area contributed by atoms with Crippen LogP contribution in [0, 0.1) is 0 Å². The highest BCUT2D eigenvalue weighted by Crippen LogP contribution is 2.13. The van der Waals surface area contributed by atoms with Crippen molar-refractivity contribution in [1.29, 1.82) is 0 Å². The minimum absolute atomic E-state index is 0.0595. The summed E-state index contributed by atoms with van der Waals surface area (Å²) in [5.74, 6) is 0.0595. The van der Waals surface area contributed by atoms with Crippen LogP contribution in [0.4, 0.5) is 5.95 Å². The zero-order valence-corrected chi connectivity index (χ0v) is 11.9. The van der Waals surface area contributed by atoms with E-state index in [4.69, 9.17) is 0 Å². The molecule has 0 fully saturated rings. The molecule has 2 N–H and O–H groups in total. The summed E-state index contributed by atoms with van der Waals surface area (Å²) < 4.78 is 26.6. The van der Waals surface area contributed by atoms with Crippen LogP contribution in [0.25, 0.3) is 0 Å². The minimum atomic E-state index is -3.65. The van der Waals surface area contributed by atoms with Crippen LogP contribution < -0.4 is 10.0 Å². The van der Waals surface area contributed by atoms with Crippen molar-refractivity contribution < 1.29 is 8.42 Å². The van der Waals surface area contributed by atoms with Crippen molar-refractivity contribution in [2.45, 2.75) is 18.4 Å². The van der Waals surface area contributed by atoms with Crippen LogP contribution in [-0.2, 0) is 16.6 Å². The Morgan fingerprint density at radius 2 is 1.75 bits per heavy atom. The van der Waals surface area contributed by atoms with E-state index in [2.05, 4.69) is 20.0 Å². The molecule has 0 aliphatic rings. The lowest BCUT2D eigenvalue weighted by Crippen LogP contribution is -2.15. The van der Waals surface area contributed by atoms with Gasteiger partial charge in [-0.25, -0.2) is 23.1 Å². The Morgan fingerprint density at radius 1 is 1.10 bits per heavy atom. The van der Waals surface area contributed by atoms with Gasteiger partial charge in [-0.2, -0.15) is 0 Å². The summed E-state index contributed by atoms with van der Waals surface area (Å²) in [5, 5.41) is 3.18. The maximum atomic E-state index is 12.1. The second kappa shape index (κ2) is 6.44. The highest BCUT2D eigenvalue weighted by molar-refractivity contribution is 7.92. The molecule has 6 nitrogen and oxygen atoms in total. The first-order valence-corrected chi connectivity index (χ1v) is 7.69. The van der Waals surface area contributed by atoms with Gasteiger partial charge >= 0.3 is 0 Å². The molecule has 0 saturated carbocycles. The summed E-state index contributed by atoms with van der Waals surface area (Å²) in [6, 6.07) is 8.31. The summed E-state index contributed by atoms with van der Waals surface area (Å²) in [4.78, 5) is 7.86. The average Bonchev–Trinajstić information content (AvgIpc) is 2.46. The van der Waals surface area contributed by atoms with Gasteiger partial charge in [0, 0.05) is 18.9 Å². The van der Waals surface area contributed by atoms with Crippen LogP contribution in [0.5, 0.6) is 0 Å². The van der Waals surface area contributed by atoms with E-state index < -0.39 is 10.0 Å². The van der Waals surface area contributed by atoms with Crippen LogP contribution >= 0.6 is 0 Å². The molecule has 2 rings (SSSR count). The van der Waals surface area contributed by atoms with Crippen LogP contribution in [0.1, 0.15) is 12.5 Å². The van der Waals surface area contributed by atoms with E-state index in [1.54, 1.807) is 30.3 Å². The molecule has 0 atom stereocenters. The summed E-state index contributed by atoms with van der Waals surface area (Å²) in [6.07, 6.45) is 2.95. The lowest BCUT2D eigenvalue weighted by molar-refractivity contribution is 0.600. The van der Waals surface area contributed by atoms with E-state index in [0.29, 0.717) is 6.54 Å². The fourth-order valence-corrected chi connectivity index (χ4v) is 2.54. The van der Waals surface area contributed by atoms with E-state index in [9.17, 15) is 8.42 Å². The van der Waals surface area contributed by atoms with Crippen molar-refractivity contribution in [3.8, 4) is 0 Å². The summed E-state index contributed by atoms with van der Waals surface area (Å²) in [6.45, 7) is 3.60. The number of nitrogens with zero attached hydrogens (tertiary/aromatic N) is 2. The molecule has 1 heterocycles. The monoisotopic (exact) mass is 292 g/mol. The quantitative estimate of drug-likeness (QED) is 0.840. The Bertz CT molecular complexity index is 642. The van der Waals surface area contributed by atoms with Crippen LogP contribution in [0.3, 0.4) is 0 Å². The van der Waals surface area contributed by atoms with E-state index in [-0.39, 0.29) is 10.8 Å². The van der Waals surface area contributed by atoms with Gasteiger partial charge in [-0.1, -0.05) is 19.1 Å². The minimum Gasteiger partial charge on any atom is -0.313 e. The molecular formula is C13H16N4O2S. The van der Waals surface area contributed by atoms with Gasteiger partial charge in [0.25, 0.3) is 10.0 Å². The van der Waals surface area contributed by atoms with E-state index in [1.807, 2.05) is 6.92 Å². The van der Waals surface area contributed by atoms with Gasteiger partial charge < -0.3 is 5.32 Å². The van der Waals surface area contributed by atoms with Gasteiger partial charge in [0.05, 0.1) is 4.90 Å². The third-order valence-electron chi connectivity index (χ3n) is 2.60. The number of nitrogens with one attached hydrogen (secondary N) is 2. The lowest BCUT2D eigenvalue weighted by atomic mass is 10.2. The fraction of sp³-hybridized carbons (Fsp3) is 0.231. The topological polar surface area (TPSA) is 84.0 Å². The van der Waals surface area contributed by atoms with Crippen molar-refractivity contribution in [3.05, 3.63) is 48.3 Å². The molecule has 0 saturated heterocycles. The Hall–Kier alpha value is -1.99. The molecule has 7 heteroatoms. The molecule has 20 heavy (non-hydrogen) atoms. The fourth-order valence-electron chi connectivity index (χ4n) is 1.59. The highest BCUT2D eigenvalue weighted by atomic mass is 32.2. The SMILES string of the molecule is CCNCc1ccc(S(=O)(=O)Nc2ncccn2)cc1. The molecule has 0 unspecified atom stereocenters. The van der Waals surface area contributed by atoms with Crippen molar-refractivity contribution in [2.24, 2.45) is 0 Å². The molecule has 0 aliphatic carbocycles. The third kappa shape index (κ3) is 3.75. The van der Waals surface area contributed by atoms with Crippen molar-refractivity contribution in [2.75, 3.05) is 11.3 Å². The highest BCUT2D eigenvalue weighted by Gasteiger charge is 2.14. The summed E-state index contributed by atoms with van der Waals surface area (Å²) >= 11 is 0. The number of hydrogen-bond acceptors (Lipinski definition) is 5. The number of aromatic nitrogens is 2. The molecular weight excluding hydrogens is 276 g/mol. The Morgan fingerprint density at radius 3 is 2.35 bits per heavy atom. The van der Waals surface area contributed by atoms with E-state index in [0.717, 1.165) is 12.1 Å². The molecule has 1 aromatic carbocycles. The van der Waals surface area contributed by atoms with Gasteiger partial charge in [-0.3, -0.25) is 0 Å². The normalized spacial score (nSPS) is 11.2. The van der Waals surface area contributed by atoms with E-state index >= 15 is 0 Å². The maximum Gasteiger partial charge on any atom is 0.264 e. The Balaban J connectivity index is 2.13. The molecule has 0 spiro atoms. The van der Waals surface area contributed by atoms with Crippen LogP contribution in [0.2, 0.25) is 0 Å². The first-order valence-electron chi connectivity index (χ1n) is 6.21. The zero-order valence-electron chi connectivity index (χ0n) is 11.1. The predicted octanol–water partition coefficient (Wildman–Crippen LogP) is 1.39. The number of anilines is 1. The second-order valence-electron chi connectivity index (χ2n) is 4.10. The number of sulfonamides is 1. The molecule has 1 aromatic heterocycles. The van der Waals surface area contributed by atoms with Crippen molar-refractivity contribution in [3.63, 3.8) is 0 Å². The molecule has 106 valence electrons. The third-order valence-corrected chi connectivity index (χ3v) is 3.95. The summed E-state index contributed by atoms with van der Waals surface area (Å²) in [7, 11) is -3.65. The van der Waals surface area contributed by atoms with Crippen molar-refractivity contribution in [1.82, 2.24) is 15.3 Å². The number of hydrogen-bond donors (Lipinski definition) is 2. The van der Waals surface area contributed by atoms with Crippen LogP contribution in [0.15, 0.2) is 47.6 Å². The standard InChI is InChI=1S/C13H16N4O2S/c1-2-14-10-11-4-6-12(7-5-11)20(18,19)17-13-15-8-3-9-16-13/h3-9,14H,2,10H2,1H3,(H,15,16,17). The van der Waals surface area contributed by atoms with Crippen molar-refractivity contribution >= 4 is 16.0 Å². The Labute approximate surface area is 118 Å². The molecule has 0 amide bonds. The number of rotatable bonds is 6. The predicted molar refractivity (Wildman–Crippen MR) is 76.7 cm³/mol. The zero-order chi connectivity index (χ0) is 14.4. The average molecular weight is 292 g/mol. The first-order chi connectivity index (χ1) is 9.62. The Kier molecular flexibility index (Phi) is 4.65. The van der Waals surface area contributed by atoms with Gasteiger partial charge in [0.1, 0.15) is 0 Å². The second-order valence-corrected chi connectivity index (χ2v) is 5.78. The van der Waals surface area contributed by atoms with Gasteiger partial charge in [-0.15, -0.1) is 0 Å². The van der Waals surface area contributed by atoms with Gasteiger partial charge in [0.15, 0.2) is 0 Å². The summed E-state index contributed by atoms with van der Waals surface area (Å²) in [5.41, 5.74) is 1.03. The molecule has 0 radical (unpaired) electrons. The van der Waals surface area contributed by atoms with Gasteiger partial charge in [0.2, 0.25) is 5.95 Å². The first kappa shape index (κ1) is 14.4. The van der Waals surface area contributed by atoms with E-state index in [1.165, 1.54) is 12.4 Å². The van der Waals surface area contributed by atoms with Crippen LogP contribution in [-0.4, -0.2) is 24.9 Å².